The fourth-order valence-electron chi connectivity index (χ4n) is 1.92. The van der Waals surface area contributed by atoms with Gasteiger partial charge in [-0.2, -0.15) is 9.57 Å². The third-order valence-electron chi connectivity index (χ3n) is 2.98. The molecule has 1 aliphatic rings. The molecule has 21 heavy (non-hydrogen) atoms. The minimum Gasteiger partial charge on any atom is -0.384 e. The van der Waals surface area contributed by atoms with Crippen molar-refractivity contribution in [1.29, 1.82) is 5.26 Å². The van der Waals surface area contributed by atoms with Crippen LogP contribution in [0.3, 0.4) is 0 Å². The molecule has 1 aromatic rings. The molecule has 1 aromatic carbocycles. The van der Waals surface area contributed by atoms with Crippen LogP contribution in [0.2, 0.25) is 0 Å². The van der Waals surface area contributed by atoms with Gasteiger partial charge < -0.3 is 9.84 Å². The van der Waals surface area contributed by atoms with Crippen LogP contribution in [0, 0.1) is 23.2 Å². The summed E-state index contributed by atoms with van der Waals surface area (Å²) in [5, 5.41) is 17.4. The molecule has 2 rings (SSSR count). The summed E-state index contributed by atoms with van der Waals surface area (Å²) in [6.07, 6.45) is -0.733. The van der Waals surface area contributed by atoms with Crippen molar-refractivity contribution in [3.05, 3.63) is 29.8 Å². The predicted octanol–water partition coefficient (Wildman–Crippen LogP) is -0.0565. The molecular formula is C14H14N2O4S. The molecule has 0 saturated carbocycles. The smallest absolute Gasteiger partial charge is 0.243 e. The van der Waals surface area contributed by atoms with Gasteiger partial charge >= 0.3 is 0 Å². The van der Waals surface area contributed by atoms with E-state index in [1.165, 1.54) is 16.4 Å². The molecule has 1 unspecified atom stereocenters. The molecule has 0 spiro atoms. The Morgan fingerprint density at radius 3 is 2.71 bits per heavy atom. The van der Waals surface area contributed by atoms with E-state index >= 15 is 0 Å². The van der Waals surface area contributed by atoms with Gasteiger partial charge in [0.2, 0.25) is 10.0 Å². The number of aliphatic hydroxyl groups is 1. The van der Waals surface area contributed by atoms with E-state index < -0.39 is 16.1 Å². The van der Waals surface area contributed by atoms with Gasteiger partial charge in [-0.25, -0.2) is 8.42 Å². The van der Waals surface area contributed by atoms with E-state index in [1.807, 2.05) is 6.07 Å². The summed E-state index contributed by atoms with van der Waals surface area (Å²) >= 11 is 0. The predicted molar refractivity (Wildman–Crippen MR) is 74.5 cm³/mol. The number of rotatable bonds is 2. The Hall–Kier alpha value is -1.90. The van der Waals surface area contributed by atoms with E-state index in [4.69, 9.17) is 15.1 Å². The molecule has 1 aliphatic heterocycles. The second kappa shape index (κ2) is 6.70. The Labute approximate surface area is 123 Å². The monoisotopic (exact) mass is 306 g/mol. The summed E-state index contributed by atoms with van der Waals surface area (Å²) < 4.78 is 31.3. The Bertz CT molecular complexity index is 695. The van der Waals surface area contributed by atoms with E-state index in [0.717, 1.165) is 0 Å². The van der Waals surface area contributed by atoms with Gasteiger partial charge in [-0.1, -0.05) is 11.8 Å². The van der Waals surface area contributed by atoms with Gasteiger partial charge in [-0.15, -0.1) is 0 Å². The van der Waals surface area contributed by atoms with Crippen molar-refractivity contribution in [3.8, 4) is 17.9 Å². The molecule has 1 N–H and O–H groups in total. The van der Waals surface area contributed by atoms with Gasteiger partial charge in [-0.05, 0) is 24.3 Å². The number of aliphatic hydroxyl groups excluding tert-OH is 1. The number of morpholine rings is 1. The third-order valence-corrected chi connectivity index (χ3v) is 4.86. The number of ether oxygens (including phenoxy) is 1. The van der Waals surface area contributed by atoms with Crippen molar-refractivity contribution < 1.29 is 18.3 Å². The number of nitriles is 1. The lowest BCUT2D eigenvalue weighted by Crippen LogP contribution is -2.44. The zero-order valence-corrected chi connectivity index (χ0v) is 12.0. The maximum absolute atomic E-state index is 12.5. The third kappa shape index (κ3) is 3.60. The van der Waals surface area contributed by atoms with Crippen LogP contribution in [0.5, 0.6) is 0 Å². The molecular weight excluding hydrogens is 292 g/mol. The molecule has 0 aromatic heterocycles. The first-order valence-corrected chi connectivity index (χ1v) is 7.73. The van der Waals surface area contributed by atoms with E-state index in [0.29, 0.717) is 5.56 Å². The lowest BCUT2D eigenvalue weighted by molar-refractivity contribution is 0.0311. The summed E-state index contributed by atoms with van der Waals surface area (Å²) in [5.41, 5.74) is 0.625. The summed E-state index contributed by atoms with van der Waals surface area (Å²) in [6.45, 7) is 0.221. The molecule has 0 radical (unpaired) electrons. The van der Waals surface area contributed by atoms with Gasteiger partial charge in [0, 0.05) is 12.1 Å². The topological polar surface area (TPSA) is 90.6 Å². The van der Waals surface area contributed by atoms with Crippen LogP contribution < -0.4 is 0 Å². The summed E-state index contributed by atoms with van der Waals surface area (Å²) in [6, 6.07) is 8.01. The quantitative estimate of drug-likeness (QED) is 0.773. The lowest BCUT2D eigenvalue weighted by atomic mass is 10.2. The van der Waals surface area contributed by atoms with Crippen molar-refractivity contribution in [2.24, 2.45) is 0 Å². The zero-order valence-electron chi connectivity index (χ0n) is 11.2. The summed E-state index contributed by atoms with van der Waals surface area (Å²) in [5.74, 6) is 5.19. The second-order valence-electron chi connectivity index (χ2n) is 4.34. The largest absolute Gasteiger partial charge is 0.384 e. The standard InChI is InChI=1S/C14H14N2O4S/c15-10-13-11-16(7-9-20-13)21(18,19)14-5-3-12(4-6-14)2-1-8-17/h3-6,13,17H,7-9,11H2. The number of benzene rings is 1. The van der Waals surface area contributed by atoms with Gasteiger partial charge in [0.1, 0.15) is 6.61 Å². The van der Waals surface area contributed by atoms with Crippen molar-refractivity contribution in [2.75, 3.05) is 26.3 Å². The van der Waals surface area contributed by atoms with Crippen molar-refractivity contribution in [1.82, 2.24) is 4.31 Å². The van der Waals surface area contributed by atoms with Crippen LogP contribution in [-0.4, -0.2) is 50.2 Å². The first-order chi connectivity index (χ1) is 10.1. The van der Waals surface area contributed by atoms with Crippen molar-refractivity contribution >= 4 is 10.0 Å². The summed E-state index contributed by atoms with van der Waals surface area (Å²) in [7, 11) is -3.64. The number of hydrogen-bond acceptors (Lipinski definition) is 5. The first kappa shape index (κ1) is 15.5. The highest BCUT2D eigenvalue weighted by Gasteiger charge is 2.30. The molecule has 1 atom stereocenters. The minimum absolute atomic E-state index is 0.0326. The van der Waals surface area contributed by atoms with Crippen LogP contribution in [0.4, 0.5) is 0 Å². The molecule has 7 heteroatoms. The Kier molecular flexibility index (Phi) is 4.94. The highest BCUT2D eigenvalue weighted by molar-refractivity contribution is 7.89. The number of hydrogen-bond donors (Lipinski definition) is 1. The van der Waals surface area contributed by atoms with Crippen molar-refractivity contribution in [3.63, 3.8) is 0 Å². The normalized spacial score (nSPS) is 19.3. The molecule has 110 valence electrons. The number of nitrogens with zero attached hydrogens (tertiary/aromatic N) is 2. The average Bonchev–Trinajstić information content (AvgIpc) is 2.53. The van der Waals surface area contributed by atoms with Gasteiger partial charge in [-0.3, -0.25) is 0 Å². The molecule has 1 saturated heterocycles. The van der Waals surface area contributed by atoms with Crippen LogP contribution in [-0.2, 0) is 14.8 Å². The van der Waals surface area contributed by atoms with E-state index in [2.05, 4.69) is 11.8 Å². The fraction of sp³-hybridized carbons (Fsp3) is 0.357. The fourth-order valence-corrected chi connectivity index (χ4v) is 3.35. The second-order valence-corrected chi connectivity index (χ2v) is 6.27. The highest BCUT2D eigenvalue weighted by Crippen LogP contribution is 2.19. The molecule has 0 bridgehead atoms. The van der Waals surface area contributed by atoms with Crippen LogP contribution >= 0.6 is 0 Å². The molecule has 6 nitrogen and oxygen atoms in total. The molecule has 0 amide bonds. The van der Waals surface area contributed by atoms with Crippen LogP contribution in [0.1, 0.15) is 5.56 Å². The zero-order chi connectivity index (χ0) is 15.3. The minimum atomic E-state index is -3.64. The Balaban J connectivity index is 2.21. The Morgan fingerprint density at radius 2 is 2.10 bits per heavy atom. The van der Waals surface area contributed by atoms with Crippen LogP contribution in [0.25, 0.3) is 0 Å². The van der Waals surface area contributed by atoms with Gasteiger partial charge in [0.25, 0.3) is 0 Å². The Morgan fingerprint density at radius 1 is 1.38 bits per heavy atom. The number of sulfonamides is 1. The summed E-state index contributed by atoms with van der Waals surface area (Å²) in [4.78, 5) is 0.149. The maximum Gasteiger partial charge on any atom is 0.243 e. The molecule has 1 heterocycles. The lowest BCUT2D eigenvalue weighted by Gasteiger charge is -2.28. The van der Waals surface area contributed by atoms with Gasteiger partial charge in [0.15, 0.2) is 6.10 Å². The molecule has 0 aliphatic carbocycles. The molecule has 1 fully saturated rings. The SMILES string of the molecule is N#CC1CN(S(=O)(=O)c2ccc(C#CCO)cc2)CCO1. The van der Waals surface area contributed by atoms with E-state index in [9.17, 15) is 8.42 Å². The first-order valence-electron chi connectivity index (χ1n) is 6.29. The van der Waals surface area contributed by atoms with E-state index in [-0.39, 0.29) is 31.2 Å². The van der Waals surface area contributed by atoms with Gasteiger partial charge in [0.05, 0.1) is 24.1 Å². The highest BCUT2D eigenvalue weighted by atomic mass is 32.2. The maximum atomic E-state index is 12.5. The van der Waals surface area contributed by atoms with Crippen LogP contribution in [0.15, 0.2) is 29.2 Å². The van der Waals surface area contributed by atoms with Crippen molar-refractivity contribution in [2.45, 2.75) is 11.0 Å². The van der Waals surface area contributed by atoms with E-state index in [1.54, 1.807) is 12.1 Å². The average molecular weight is 306 g/mol.